The Balaban J connectivity index is 2.20. The Morgan fingerprint density at radius 3 is 2.62 bits per heavy atom. The third-order valence-electron chi connectivity index (χ3n) is 3.58. The van der Waals surface area contributed by atoms with E-state index < -0.39 is 0 Å². The van der Waals surface area contributed by atoms with Crippen molar-refractivity contribution in [1.29, 1.82) is 0 Å². The fourth-order valence-corrected chi connectivity index (χ4v) is 3.56. The molecule has 2 aromatic carbocycles. The summed E-state index contributed by atoms with van der Waals surface area (Å²) in [4.78, 5) is 4.57. The minimum atomic E-state index is 0.708. The van der Waals surface area contributed by atoms with E-state index in [1.165, 1.54) is 5.39 Å². The lowest BCUT2D eigenvalue weighted by atomic mass is 10.2. The monoisotopic (exact) mass is 356 g/mol. The molecule has 0 aliphatic heterocycles. The standard InChI is InChI=1S/C17H10BrClN2/c18-14-10-11(19)7-8-16(14)21-15-6-2-1-4-12(15)13-5-3-9-20-17(13)21/h1-10H. The molecule has 102 valence electrons. The van der Waals surface area contributed by atoms with Gasteiger partial charge in [0.2, 0.25) is 0 Å². The van der Waals surface area contributed by atoms with Crippen LogP contribution < -0.4 is 0 Å². The molecular formula is C17H10BrClN2. The molecule has 0 atom stereocenters. The third kappa shape index (κ3) is 1.96. The van der Waals surface area contributed by atoms with Gasteiger partial charge in [0, 0.05) is 26.5 Å². The van der Waals surface area contributed by atoms with Gasteiger partial charge in [-0.3, -0.25) is 4.57 Å². The van der Waals surface area contributed by atoms with Gasteiger partial charge in [-0.15, -0.1) is 0 Å². The first-order valence-corrected chi connectivity index (χ1v) is 7.72. The number of aromatic nitrogens is 2. The van der Waals surface area contributed by atoms with Crippen LogP contribution in [-0.4, -0.2) is 9.55 Å². The molecule has 4 aromatic rings. The van der Waals surface area contributed by atoms with Crippen LogP contribution in [0.3, 0.4) is 0 Å². The van der Waals surface area contributed by atoms with Crippen LogP contribution in [0.25, 0.3) is 27.6 Å². The summed E-state index contributed by atoms with van der Waals surface area (Å²) in [6.45, 7) is 0. The summed E-state index contributed by atoms with van der Waals surface area (Å²) in [6.07, 6.45) is 1.82. The molecule has 0 bridgehead atoms. The number of para-hydroxylation sites is 1. The Morgan fingerprint density at radius 2 is 1.76 bits per heavy atom. The SMILES string of the molecule is Clc1ccc(-n2c3ccccc3c3cccnc32)c(Br)c1. The van der Waals surface area contributed by atoms with E-state index in [-0.39, 0.29) is 0 Å². The maximum absolute atomic E-state index is 6.06. The third-order valence-corrected chi connectivity index (χ3v) is 4.45. The van der Waals surface area contributed by atoms with Crippen molar-refractivity contribution in [3.05, 3.63) is 70.3 Å². The number of pyridine rings is 1. The zero-order valence-corrected chi connectivity index (χ0v) is 13.3. The summed E-state index contributed by atoms with van der Waals surface area (Å²) in [5.74, 6) is 0. The van der Waals surface area contributed by atoms with Gasteiger partial charge < -0.3 is 0 Å². The average molecular weight is 358 g/mol. The van der Waals surface area contributed by atoms with Crippen molar-refractivity contribution in [2.75, 3.05) is 0 Å². The smallest absolute Gasteiger partial charge is 0.145 e. The predicted molar refractivity (Wildman–Crippen MR) is 91.3 cm³/mol. The first-order chi connectivity index (χ1) is 10.3. The van der Waals surface area contributed by atoms with Gasteiger partial charge in [0.25, 0.3) is 0 Å². The molecule has 4 heteroatoms. The summed E-state index contributed by atoms with van der Waals surface area (Å²) in [6, 6.07) is 18.2. The van der Waals surface area contributed by atoms with E-state index in [0.717, 1.165) is 26.7 Å². The van der Waals surface area contributed by atoms with Crippen molar-refractivity contribution in [2.24, 2.45) is 0 Å². The molecule has 0 fully saturated rings. The first kappa shape index (κ1) is 12.9. The minimum absolute atomic E-state index is 0.708. The van der Waals surface area contributed by atoms with E-state index in [1.54, 1.807) is 0 Å². The van der Waals surface area contributed by atoms with Crippen molar-refractivity contribution < 1.29 is 0 Å². The molecule has 2 nitrogen and oxygen atoms in total. The zero-order valence-electron chi connectivity index (χ0n) is 10.9. The molecule has 0 spiro atoms. The lowest BCUT2D eigenvalue weighted by Gasteiger charge is -2.09. The Bertz CT molecular complexity index is 922. The highest BCUT2D eigenvalue weighted by Gasteiger charge is 2.14. The number of fused-ring (bicyclic) bond motifs is 3. The topological polar surface area (TPSA) is 17.8 Å². The van der Waals surface area contributed by atoms with Crippen LogP contribution >= 0.6 is 27.5 Å². The Hall–Kier alpha value is -1.84. The highest BCUT2D eigenvalue weighted by molar-refractivity contribution is 9.10. The van der Waals surface area contributed by atoms with Crippen LogP contribution in [0.1, 0.15) is 0 Å². The molecule has 0 radical (unpaired) electrons. The van der Waals surface area contributed by atoms with Gasteiger partial charge in [-0.05, 0) is 52.3 Å². The maximum atomic E-state index is 6.06. The van der Waals surface area contributed by atoms with Crippen molar-refractivity contribution in [2.45, 2.75) is 0 Å². The Labute approximate surface area is 135 Å². The van der Waals surface area contributed by atoms with Crippen LogP contribution in [0.2, 0.25) is 5.02 Å². The second-order valence-corrected chi connectivity index (χ2v) is 6.11. The highest BCUT2D eigenvalue weighted by Crippen LogP contribution is 2.34. The van der Waals surface area contributed by atoms with E-state index in [2.05, 4.69) is 49.7 Å². The second-order valence-electron chi connectivity index (χ2n) is 4.82. The lowest BCUT2D eigenvalue weighted by Crippen LogP contribution is -1.96. The van der Waals surface area contributed by atoms with Gasteiger partial charge in [0.15, 0.2) is 0 Å². The highest BCUT2D eigenvalue weighted by atomic mass is 79.9. The van der Waals surface area contributed by atoms with Gasteiger partial charge in [0.05, 0.1) is 11.2 Å². The molecule has 0 N–H and O–H groups in total. The molecule has 4 rings (SSSR count). The molecule has 0 unspecified atom stereocenters. The Kier molecular flexibility index (Phi) is 2.98. The van der Waals surface area contributed by atoms with Gasteiger partial charge in [-0.2, -0.15) is 0 Å². The van der Waals surface area contributed by atoms with E-state index >= 15 is 0 Å². The van der Waals surface area contributed by atoms with Crippen LogP contribution in [0.4, 0.5) is 0 Å². The number of benzene rings is 2. The molecule has 0 aliphatic rings. The van der Waals surface area contributed by atoms with Crippen LogP contribution in [0, 0.1) is 0 Å². The fraction of sp³-hybridized carbons (Fsp3) is 0. The van der Waals surface area contributed by atoms with Gasteiger partial charge in [-0.1, -0.05) is 29.8 Å². The summed E-state index contributed by atoms with van der Waals surface area (Å²) < 4.78 is 3.11. The largest absolute Gasteiger partial charge is 0.293 e. The van der Waals surface area contributed by atoms with E-state index in [9.17, 15) is 0 Å². The summed E-state index contributed by atoms with van der Waals surface area (Å²) in [5, 5.41) is 3.05. The normalized spacial score (nSPS) is 11.3. The average Bonchev–Trinajstić information content (AvgIpc) is 2.82. The molecule has 2 aromatic heterocycles. The molecule has 0 saturated heterocycles. The molecule has 0 aliphatic carbocycles. The van der Waals surface area contributed by atoms with Crippen LogP contribution in [-0.2, 0) is 0 Å². The first-order valence-electron chi connectivity index (χ1n) is 6.55. The zero-order chi connectivity index (χ0) is 14.4. The number of hydrogen-bond acceptors (Lipinski definition) is 1. The van der Waals surface area contributed by atoms with E-state index in [1.807, 2.05) is 36.5 Å². The fourth-order valence-electron chi connectivity index (χ4n) is 2.70. The molecule has 0 saturated carbocycles. The van der Waals surface area contributed by atoms with Gasteiger partial charge in [-0.25, -0.2) is 4.98 Å². The van der Waals surface area contributed by atoms with Crippen molar-refractivity contribution in [3.63, 3.8) is 0 Å². The van der Waals surface area contributed by atoms with Gasteiger partial charge in [0.1, 0.15) is 5.65 Å². The Morgan fingerprint density at radius 1 is 0.952 bits per heavy atom. The predicted octanol–water partition coefficient (Wildman–Crippen LogP) is 5.59. The summed E-state index contributed by atoms with van der Waals surface area (Å²) in [5.41, 5.74) is 3.11. The lowest BCUT2D eigenvalue weighted by molar-refractivity contribution is 1.13. The number of halogens is 2. The minimum Gasteiger partial charge on any atom is -0.293 e. The molecule has 21 heavy (non-hydrogen) atoms. The van der Waals surface area contributed by atoms with Crippen molar-refractivity contribution >= 4 is 49.5 Å². The number of nitrogens with zero attached hydrogens (tertiary/aromatic N) is 2. The second kappa shape index (κ2) is 4.86. The van der Waals surface area contributed by atoms with Crippen LogP contribution in [0.15, 0.2) is 65.3 Å². The van der Waals surface area contributed by atoms with Crippen molar-refractivity contribution in [1.82, 2.24) is 9.55 Å². The van der Waals surface area contributed by atoms with E-state index in [0.29, 0.717) is 5.02 Å². The van der Waals surface area contributed by atoms with E-state index in [4.69, 9.17) is 11.6 Å². The molecular weight excluding hydrogens is 348 g/mol. The quantitative estimate of drug-likeness (QED) is 0.434. The van der Waals surface area contributed by atoms with Crippen LogP contribution in [0.5, 0.6) is 0 Å². The summed E-state index contributed by atoms with van der Waals surface area (Å²) >= 11 is 9.67. The van der Waals surface area contributed by atoms with Crippen molar-refractivity contribution in [3.8, 4) is 5.69 Å². The maximum Gasteiger partial charge on any atom is 0.145 e. The summed E-state index contributed by atoms with van der Waals surface area (Å²) in [7, 11) is 0. The number of rotatable bonds is 1. The molecule has 0 amide bonds. The number of hydrogen-bond donors (Lipinski definition) is 0. The molecule has 2 heterocycles. The van der Waals surface area contributed by atoms with Gasteiger partial charge >= 0.3 is 0 Å².